The molecule has 1 aliphatic heterocycles. The molecule has 0 spiro atoms. The first-order chi connectivity index (χ1) is 15.2. The molecule has 0 aliphatic carbocycles. The average Bonchev–Trinajstić information content (AvgIpc) is 2.81. The molecule has 0 saturated carbocycles. The van der Waals surface area contributed by atoms with Gasteiger partial charge in [-0.25, -0.2) is 4.79 Å². The SMILES string of the molecule is O=C(NNC(=O)C(F)(F)F)c1ccc(CNC(=O)N2CCOC(c3cccnc3)C2)cc1. The average molecular weight is 451 g/mol. The van der Waals surface area contributed by atoms with E-state index in [-0.39, 0.29) is 24.2 Å². The van der Waals surface area contributed by atoms with E-state index >= 15 is 0 Å². The van der Waals surface area contributed by atoms with Crippen molar-refractivity contribution in [1.82, 2.24) is 26.1 Å². The van der Waals surface area contributed by atoms with E-state index in [2.05, 4.69) is 10.3 Å². The molecule has 12 heteroatoms. The Labute approximate surface area is 180 Å². The van der Waals surface area contributed by atoms with Gasteiger partial charge >= 0.3 is 18.1 Å². The van der Waals surface area contributed by atoms with Gasteiger partial charge < -0.3 is 15.0 Å². The van der Waals surface area contributed by atoms with E-state index < -0.39 is 18.0 Å². The minimum atomic E-state index is -5.10. The molecule has 1 unspecified atom stereocenters. The van der Waals surface area contributed by atoms with Crippen LogP contribution in [-0.2, 0) is 16.1 Å². The number of hydrogen-bond acceptors (Lipinski definition) is 5. The van der Waals surface area contributed by atoms with Crippen LogP contribution in [0, 0.1) is 0 Å². The fraction of sp³-hybridized carbons (Fsp3) is 0.300. The highest BCUT2D eigenvalue weighted by Gasteiger charge is 2.39. The van der Waals surface area contributed by atoms with Crippen molar-refractivity contribution in [3.63, 3.8) is 0 Å². The molecule has 1 fully saturated rings. The zero-order chi connectivity index (χ0) is 23.1. The van der Waals surface area contributed by atoms with Crippen molar-refractivity contribution >= 4 is 17.8 Å². The highest BCUT2D eigenvalue weighted by Crippen LogP contribution is 2.21. The number of morpholine rings is 1. The zero-order valence-electron chi connectivity index (χ0n) is 16.7. The number of carbonyl (C=O) groups is 3. The van der Waals surface area contributed by atoms with Crippen LogP contribution >= 0.6 is 0 Å². The van der Waals surface area contributed by atoms with Crippen LogP contribution in [0.2, 0.25) is 0 Å². The first-order valence-corrected chi connectivity index (χ1v) is 9.55. The Morgan fingerprint density at radius 2 is 1.88 bits per heavy atom. The number of halogens is 3. The summed E-state index contributed by atoms with van der Waals surface area (Å²) in [6.07, 6.45) is -2.02. The number of urea groups is 1. The molecular weight excluding hydrogens is 431 g/mol. The highest BCUT2D eigenvalue weighted by atomic mass is 19.4. The van der Waals surface area contributed by atoms with Crippen molar-refractivity contribution in [2.24, 2.45) is 0 Å². The third kappa shape index (κ3) is 6.17. The van der Waals surface area contributed by atoms with Gasteiger partial charge in [0, 0.05) is 36.6 Å². The smallest absolute Gasteiger partial charge is 0.370 e. The second kappa shape index (κ2) is 10.1. The van der Waals surface area contributed by atoms with Gasteiger partial charge in [-0.15, -0.1) is 0 Å². The van der Waals surface area contributed by atoms with Crippen LogP contribution in [0.3, 0.4) is 0 Å². The molecule has 0 bridgehead atoms. The molecule has 9 nitrogen and oxygen atoms in total. The lowest BCUT2D eigenvalue weighted by Gasteiger charge is -2.33. The maximum absolute atomic E-state index is 12.5. The molecule has 1 aromatic carbocycles. The van der Waals surface area contributed by atoms with Crippen molar-refractivity contribution < 1.29 is 32.3 Å². The summed E-state index contributed by atoms with van der Waals surface area (Å²) in [5.74, 6) is -3.19. The molecule has 2 heterocycles. The third-order valence-corrected chi connectivity index (χ3v) is 4.62. The second-order valence-electron chi connectivity index (χ2n) is 6.85. The minimum absolute atomic E-state index is 0.0371. The molecule has 4 amide bonds. The Balaban J connectivity index is 1.48. The van der Waals surface area contributed by atoms with E-state index in [0.29, 0.717) is 25.3 Å². The van der Waals surface area contributed by atoms with Crippen molar-refractivity contribution in [3.8, 4) is 0 Å². The second-order valence-corrected chi connectivity index (χ2v) is 6.85. The number of nitrogens with zero attached hydrogens (tertiary/aromatic N) is 2. The fourth-order valence-electron chi connectivity index (χ4n) is 2.92. The van der Waals surface area contributed by atoms with Gasteiger partial charge in [0.25, 0.3) is 5.91 Å². The predicted molar refractivity (Wildman–Crippen MR) is 105 cm³/mol. The number of rotatable bonds is 4. The van der Waals surface area contributed by atoms with Crippen molar-refractivity contribution in [2.45, 2.75) is 18.8 Å². The third-order valence-electron chi connectivity index (χ3n) is 4.62. The number of hydrazine groups is 1. The van der Waals surface area contributed by atoms with E-state index in [4.69, 9.17) is 4.74 Å². The maximum atomic E-state index is 12.5. The lowest BCUT2D eigenvalue weighted by atomic mass is 10.1. The van der Waals surface area contributed by atoms with Crippen LogP contribution in [0.25, 0.3) is 0 Å². The molecule has 3 rings (SSSR count). The van der Waals surface area contributed by atoms with Crippen LogP contribution in [0.15, 0.2) is 48.8 Å². The molecule has 1 aliphatic rings. The first-order valence-electron chi connectivity index (χ1n) is 9.55. The molecule has 170 valence electrons. The van der Waals surface area contributed by atoms with Crippen LogP contribution < -0.4 is 16.2 Å². The number of carbonyl (C=O) groups excluding carboxylic acids is 3. The van der Waals surface area contributed by atoms with Crippen LogP contribution in [0.5, 0.6) is 0 Å². The van der Waals surface area contributed by atoms with E-state index in [1.807, 2.05) is 6.07 Å². The maximum Gasteiger partial charge on any atom is 0.472 e. The molecule has 1 saturated heterocycles. The number of amides is 4. The molecule has 0 radical (unpaired) electrons. The van der Waals surface area contributed by atoms with Crippen molar-refractivity contribution in [3.05, 3.63) is 65.5 Å². The largest absolute Gasteiger partial charge is 0.472 e. The molecule has 32 heavy (non-hydrogen) atoms. The first kappa shape index (κ1) is 23.0. The van der Waals surface area contributed by atoms with Gasteiger partial charge in [-0.1, -0.05) is 18.2 Å². The van der Waals surface area contributed by atoms with E-state index in [1.165, 1.54) is 17.6 Å². The number of hydrogen-bond donors (Lipinski definition) is 3. The summed E-state index contributed by atoms with van der Waals surface area (Å²) in [6, 6.07) is 9.21. The number of alkyl halides is 3. The summed E-state index contributed by atoms with van der Waals surface area (Å²) in [7, 11) is 0. The Kier molecular flexibility index (Phi) is 7.25. The summed E-state index contributed by atoms with van der Waals surface area (Å²) in [5, 5.41) is 2.78. The number of nitrogens with one attached hydrogen (secondary N) is 3. The fourth-order valence-corrected chi connectivity index (χ4v) is 2.92. The van der Waals surface area contributed by atoms with Crippen LogP contribution in [0.4, 0.5) is 18.0 Å². The van der Waals surface area contributed by atoms with Gasteiger partial charge in [-0.05, 0) is 23.8 Å². The lowest BCUT2D eigenvalue weighted by molar-refractivity contribution is -0.174. The zero-order valence-corrected chi connectivity index (χ0v) is 16.7. The standard InChI is InChI=1S/C20H20F3N5O4/c21-20(22,23)18(30)27-26-17(29)14-5-3-13(4-6-14)10-25-19(31)28-8-9-32-16(12-28)15-2-1-7-24-11-15/h1-7,11,16H,8-10,12H2,(H,25,31)(H,26,29)(H,27,30). The van der Waals surface area contributed by atoms with Gasteiger partial charge in [0.15, 0.2) is 0 Å². The Morgan fingerprint density at radius 3 is 2.53 bits per heavy atom. The Morgan fingerprint density at radius 1 is 1.12 bits per heavy atom. The van der Waals surface area contributed by atoms with Gasteiger partial charge in [0.1, 0.15) is 6.10 Å². The van der Waals surface area contributed by atoms with Crippen molar-refractivity contribution in [1.29, 1.82) is 0 Å². The van der Waals surface area contributed by atoms with Crippen molar-refractivity contribution in [2.75, 3.05) is 19.7 Å². The molecule has 2 aromatic rings. The number of ether oxygens (including phenoxy) is 1. The predicted octanol–water partition coefficient (Wildman–Crippen LogP) is 1.69. The summed E-state index contributed by atoms with van der Waals surface area (Å²) >= 11 is 0. The van der Waals surface area contributed by atoms with E-state index in [9.17, 15) is 27.6 Å². The number of benzene rings is 1. The minimum Gasteiger partial charge on any atom is -0.370 e. The van der Waals surface area contributed by atoms with Crippen LogP contribution in [0.1, 0.15) is 27.6 Å². The summed E-state index contributed by atoms with van der Waals surface area (Å²) in [6.45, 7) is 1.38. The molecule has 3 N–H and O–H groups in total. The van der Waals surface area contributed by atoms with Gasteiger partial charge in [-0.3, -0.25) is 25.4 Å². The lowest BCUT2D eigenvalue weighted by Crippen LogP contribution is -2.47. The Bertz CT molecular complexity index is 954. The quantitative estimate of drug-likeness (QED) is 0.613. The van der Waals surface area contributed by atoms with Gasteiger partial charge in [-0.2, -0.15) is 13.2 Å². The highest BCUT2D eigenvalue weighted by molar-refractivity contribution is 5.95. The van der Waals surface area contributed by atoms with Gasteiger partial charge in [0.05, 0.1) is 13.2 Å². The summed E-state index contributed by atoms with van der Waals surface area (Å²) in [4.78, 5) is 40.7. The van der Waals surface area contributed by atoms with Gasteiger partial charge in [0.2, 0.25) is 0 Å². The Hall–Kier alpha value is -3.67. The molecule has 1 atom stereocenters. The molecular formula is C20H20F3N5O4. The normalized spacial score (nSPS) is 16.2. The van der Waals surface area contributed by atoms with E-state index in [0.717, 1.165) is 5.56 Å². The summed E-state index contributed by atoms with van der Waals surface area (Å²) < 4.78 is 42.1. The number of pyridine rings is 1. The number of aromatic nitrogens is 1. The summed E-state index contributed by atoms with van der Waals surface area (Å²) in [5.41, 5.74) is 4.56. The van der Waals surface area contributed by atoms with Crippen LogP contribution in [-0.4, -0.2) is 53.6 Å². The molecule has 1 aromatic heterocycles. The topological polar surface area (TPSA) is 113 Å². The monoisotopic (exact) mass is 451 g/mol. The van der Waals surface area contributed by atoms with E-state index in [1.54, 1.807) is 40.9 Å².